The molecule has 294 valence electrons. The van der Waals surface area contributed by atoms with Crippen LogP contribution in [0, 0.1) is 0 Å². The van der Waals surface area contributed by atoms with E-state index in [2.05, 4.69) is 0 Å². The number of hydrogen-bond acceptors (Lipinski definition) is 20. The fourth-order valence-electron chi connectivity index (χ4n) is 5.68. The number of nitrogens with zero attached hydrogens (tertiary/aromatic N) is 2. The molecule has 3 unspecified atom stereocenters. The van der Waals surface area contributed by atoms with Crippen molar-refractivity contribution in [2.45, 2.75) is 105 Å². The van der Waals surface area contributed by atoms with Gasteiger partial charge < -0.3 is 80.0 Å². The van der Waals surface area contributed by atoms with E-state index in [0.717, 1.165) is 0 Å². The smallest absolute Gasteiger partial charge is 0.363 e. The van der Waals surface area contributed by atoms with Gasteiger partial charge in [-0.3, -0.25) is 14.5 Å². The first-order valence-electron chi connectivity index (χ1n) is 16.3. The highest BCUT2D eigenvalue weighted by molar-refractivity contribution is 6.02. The first-order chi connectivity index (χ1) is 24.5. The maximum atomic E-state index is 12.3. The quantitative estimate of drug-likeness (QED) is 0.0700. The molecule has 0 saturated carbocycles. The van der Waals surface area contributed by atoms with Crippen LogP contribution in [0.5, 0.6) is 0 Å². The number of benzene rings is 1. The summed E-state index contributed by atoms with van der Waals surface area (Å²) in [7, 11) is 1.58. The molecule has 2 amide bonds. The van der Waals surface area contributed by atoms with Crippen molar-refractivity contribution < 1.29 is 94.3 Å². The minimum absolute atomic E-state index is 0.0455. The zero-order valence-electron chi connectivity index (χ0n) is 27.9. The molecule has 0 radical (unpaired) electrons. The van der Waals surface area contributed by atoms with Crippen LogP contribution < -0.4 is 0 Å². The third-order valence-corrected chi connectivity index (χ3v) is 8.83. The maximum Gasteiger partial charge on any atom is 0.363 e. The Balaban J connectivity index is 1.23. The minimum atomic E-state index is -1.98. The summed E-state index contributed by atoms with van der Waals surface area (Å²) in [6.45, 7) is -2.18. The maximum absolute atomic E-state index is 12.3. The molecular weight excluding hydrogens is 704 g/mol. The van der Waals surface area contributed by atoms with Crippen molar-refractivity contribution in [3.8, 4) is 0 Å². The largest absolute Gasteiger partial charge is 0.394 e. The summed E-state index contributed by atoms with van der Waals surface area (Å²) in [6.07, 6.45) is -24.2. The Kier molecular flexibility index (Phi) is 14.9. The van der Waals surface area contributed by atoms with Crippen molar-refractivity contribution in [2.75, 3.05) is 33.4 Å². The van der Waals surface area contributed by atoms with E-state index in [-0.39, 0.29) is 31.5 Å². The van der Waals surface area contributed by atoms with Crippen molar-refractivity contribution in [3.05, 3.63) is 35.4 Å². The number of imide groups is 1. The molecule has 3 fully saturated rings. The minimum Gasteiger partial charge on any atom is -0.394 e. The number of carbonyl (C=O) groups excluding carboxylic acids is 3. The van der Waals surface area contributed by atoms with Gasteiger partial charge in [-0.05, 0) is 24.7 Å². The highest BCUT2D eigenvalue weighted by Crippen LogP contribution is 2.26. The van der Waals surface area contributed by atoms with Crippen LogP contribution >= 0.6 is 0 Å². The van der Waals surface area contributed by atoms with Gasteiger partial charge in [0.2, 0.25) is 0 Å². The van der Waals surface area contributed by atoms with Crippen LogP contribution in [0.4, 0.5) is 0 Å². The van der Waals surface area contributed by atoms with Gasteiger partial charge in [0.05, 0.1) is 31.5 Å². The summed E-state index contributed by atoms with van der Waals surface area (Å²) in [5, 5.41) is 113. The zero-order chi connectivity index (χ0) is 38.4. The molecule has 21 nitrogen and oxygen atoms in total. The number of aliphatic hydroxyl groups excluding tert-OH is 11. The van der Waals surface area contributed by atoms with Crippen LogP contribution in [-0.2, 0) is 39.9 Å². The average Bonchev–Trinajstić information content (AvgIpc) is 3.44. The summed E-state index contributed by atoms with van der Waals surface area (Å²) in [4.78, 5) is 42.1. The molecule has 0 aromatic heterocycles. The highest BCUT2D eigenvalue weighted by Gasteiger charge is 2.48. The van der Waals surface area contributed by atoms with Crippen molar-refractivity contribution >= 4 is 17.8 Å². The molecule has 4 rings (SSSR count). The van der Waals surface area contributed by atoms with Crippen molar-refractivity contribution in [2.24, 2.45) is 0 Å². The van der Waals surface area contributed by atoms with Crippen LogP contribution in [0.3, 0.4) is 0 Å². The Hall–Kier alpha value is -2.81. The Morgan fingerprint density at radius 3 is 1.88 bits per heavy atom. The van der Waals surface area contributed by atoms with E-state index in [0.29, 0.717) is 10.6 Å². The lowest BCUT2D eigenvalue weighted by Gasteiger charge is -2.42. The topological polar surface area (TPSA) is 326 Å². The average molecular weight is 751 g/mol. The predicted molar refractivity (Wildman–Crippen MR) is 166 cm³/mol. The molecule has 52 heavy (non-hydrogen) atoms. The van der Waals surface area contributed by atoms with Gasteiger partial charge in [-0.15, -0.1) is 5.06 Å². The molecule has 14 atom stereocenters. The third-order valence-electron chi connectivity index (χ3n) is 8.83. The normalized spacial score (nSPS) is 33.6. The number of carbonyl (C=O) groups is 3. The first kappa shape index (κ1) is 41.9. The van der Waals surface area contributed by atoms with Crippen LogP contribution in [-0.4, -0.2) is 203 Å². The second kappa shape index (κ2) is 18.5. The molecule has 0 spiro atoms. The molecule has 3 saturated heterocycles. The van der Waals surface area contributed by atoms with E-state index >= 15 is 0 Å². The number of ether oxygens (including phenoxy) is 4. The van der Waals surface area contributed by atoms with Crippen LogP contribution in [0.2, 0.25) is 0 Å². The number of amides is 2. The van der Waals surface area contributed by atoms with Gasteiger partial charge in [-0.1, -0.05) is 12.1 Å². The number of hydroxylamine groups is 2. The monoisotopic (exact) mass is 750 g/mol. The molecule has 1 aromatic carbocycles. The summed E-state index contributed by atoms with van der Waals surface area (Å²) in [6, 6.07) is 5.93. The van der Waals surface area contributed by atoms with E-state index in [1.54, 1.807) is 24.1 Å². The fourth-order valence-corrected chi connectivity index (χ4v) is 5.68. The second-order valence-electron chi connectivity index (χ2n) is 12.8. The SMILES string of the molecule is CN(Cc1ccc(C(=O)ON2C(=O)CCC2=O)cc1)CC(O)[C@@H](O)[C@H](O)C(O)CO[C@@H]1OC(CO[C@@H]2O[C@H](CO)[C@@H](O)[C@H](O)[C@H]2O)[C@@H](O)[C@H](O)[C@H]1O. The third kappa shape index (κ3) is 10.0. The van der Waals surface area contributed by atoms with Gasteiger partial charge in [0.1, 0.15) is 67.1 Å². The van der Waals surface area contributed by atoms with Gasteiger partial charge in [-0.2, -0.15) is 0 Å². The van der Waals surface area contributed by atoms with E-state index in [1.807, 2.05) is 0 Å². The summed E-state index contributed by atoms with van der Waals surface area (Å²) >= 11 is 0. The molecule has 11 N–H and O–H groups in total. The second-order valence-corrected chi connectivity index (χ2v) is 12.8. The molecule has 3 aliphatic heterocycles. The van der Waals surface area contributed by atoms with E-state index in [1.165, 1.54) is 12.1 Å². The molecule has 3 heterocycles. The first-order valence-corrected chi connectivity index (χ1v) is 16.3. The van der Waals surface area contributed by atoms with Crippen molar-refractivity contribution in [3.63, 3.8) is 0 Å². The van der Waals surface area contributed by atoms with Gasteiger partial charge >= 0.3 is 5.97 Å². The van der Waals surface area contributed by atoms with Gasteiger partial charge in [0, 0.05) is 25.9 Å². The van der Waals surface area contributed by atoms with Crippen molar-refractivity contribution in [1.29, 1.82) is 0 Å². The number of likely N-dealkylation sites (N-methyl/N-ethyl adjacent to an activating group) is 1. The van der Waals surface area contributed by atoms with E-state index in [4.69, 9.17) is 23.8 Å². The predicted octanol–water partition coefficient (Wildman–Crippen LogP) is -6.58. The molecule has 21 heteroatoms. The zero-order valence-corrected chi connectivity index (χ0v) is 27.9. The number of hydrogen-bond donors (Lipinski definition) is 11. The fraction of sp³-hybridized carbons (Fsp3) is 0.710. The molecular formula is C31H46N2O19. The number of aliphatic hydroxyl groups is 11. The van der Waals surface area contributed by atoms with Crippen molar-refractivity contribution in [1.82, 2.24) is 9.96 Å². The number of rotatable bonds is 16. The van der Waals surface area contributed by atoms with Crippen LogP contribution in [0.25, 0.3) is 0 Å². The Labute approximate surface area is 296 Å². The lowest BCUT2D eigenvalue weighted by atomic mass is 9.98. The molecule has 3 aliphatic rings. The van der Waals surface area contributed by atoms with E-state index < -0.39 is 123 Å². The summed E-state index contributed by atoms with van der Waals surface area (Å²) < 4.78 is 21.3. The molecule has 1 aromatic rings. The summed E-state index contributed by atoms with van der Waals surface area (Å²) in [5.74, 6) is -2.14. The Bertz CT molecular complexity index is 1320. The van der Waals surface area contributed by atoms with Crippen LogP contribution in [0.15, 0.2) is 24.3 Å². The molecule has 0 aliphatic carbocycles. The van der Waals surface area contributed by atoms with Gasteiger partial charge in [0.15, 0.2) is 12.6 Å². The lowest BCUT2D eigenvalue weighted by molar-refractivity contribution is -0.333. The Morgan fingerprint density at radius 1 is 0.788 bits per heavy atom. The lowest BCUT2D eigenvalue weighted by Crippen LogP contribution is -2.62. The standard InChI is InChI=1S/C31H46N2O19/c1-32(8-13-2-4-14(5-3-13)29(47)52-33-19(37)6-7-20(33)38)9-15(35)21(39)22(40)16(36)11-48-30-28(46)26(44)24(42)18(51-30)12-49-31-27(45)25(43)23(41)17(10-34)50-31/h2-5,15-18,21-28,30-31,34-36,39-46H,6-12H2,1H3/t15?,16?,17-,18?,21-,22-,23-,24-,25+,26+,27-,28-,30-,31-/m1/s1. The van der Waals surface area contributed by atoms with Crippen LogP contribution in [0.1, 0.15) is 28.8 Å². The molecule has 0 bridgehead atoms. The Morgan fingerprint density at radius 2 is 1.31 bits per heavy atom. The van der Waals surface area contributed by atoms with Gasteiger partial charge in [0.25, 0.3) is 11.8 Å². The highest BCUT2D eigenvalue weighted by atomic mass is 16.7. The van der Waals surface area contributed by atoms with Gasteiger partial charge in [-0.25, -0.2) is 4.79 Å². The van der Waals surface area contributed by atoms with E-state index in [9.17, 15) is 70.6 Å². The summed E-state index contributed by atoms with van der Waals surface area (Å²) in [5.41, 5.74) is 0.723.